The highest BCUT2D eigenvalue weighted by Gasteiger charge is 1.99. The molecule has 1 amide bonds. The van der Waals surface area contributed by atoms with Gasteiger partial charge in [-0.25, -0.2) is 9.97 Å². The fourth-order valence-electron chi connectivity index (χ4n) is 1.77. The number of carbonyl (C=O) groups is 1. The number of nitrogens with one attached hydrogen (secondary N) is 1. The van der Waals surface area contributed by atoms with E-state index in [0.717, 1.165) is 24.3 Å². The monoisotopic (exact) mass is 335 g/mol. The number of benzene rings is 1. The SMILES string of the molecule is CC(=O)Nc1ccc(OCCCCOc2ncc(Cl)cn2)cc1. The average Bonchev–Trinajstić information content (AvgIpc) is 2.53. The van der Waals surface area contributed by atoms with Crippen LogP contribution in [0.4, 0.5) is 5.69 Å². The molecule has 0 aliphatic rings. The summed E-state index contributed by atoms with van der Waals surface area (Å²) < 4.78 is 11.0. The number of amides is 1. The second-order valence-corrected chi connectivity index (χ2v) is 5.23. The van der Waals surface area contributed by atoms with Crippen molar-refractivity contribution in [2.24, 2.45) is 0 Å². The van der Waals surface area contributed by atoms with Crippen LogP contribution in [0.15, 0.2) is 36.7 Å². The Hall–Kier alpha value is -2.34. The van der Waals surface area contributed by atoms with Gasteiger partial charge in [-0.15, -0.1) is 0 Å². The maximum atomic E-state index is 10.9. The van der Waals surface area contributed by atoms with Crippen LogP contribution in [0.5, 0.6) is 11.8 Å². The van der Waals surface area contributed by atoms with Crippen molar-refractivity contribution in [3.8, 4) is 11.8 Å². The van der Waals surface area contributed by atoms with E-state index in [4.69, 9.17) is 21.1 Å². The molecule has 1 N–H and O–H groups in total. The fraction of sp³-hybridized carbons (Fsp3) is 0.312. The van der Waals surface area contributed by atoms with Crippen LogP contribution < -0.4 is 14.8 Å². The van der Waals surface area contributed by atoms with Gasteiger partial charge < -0.3 is 14.8 Å². The molecule has 0 spiro atoms. The summed E-state index contributed by atoms with van der Waals surface area (Å²) in [6.45, 7) is 2.58. The molecule has 0 atom stereocenters. The van der Waals surface area contributed by atoms with E-state index < -0.39 is 0 Å². The van der Waals surface area contributed by atoms with Gasteiger partial charge in [-0.1, -0.05) is 11.6 Å². The van der Waals surface area contributed by atoms with Crippen molar-refractivity contribution in [2.45, 2.75) is 19.8 Å². The zero-order valence-corrected chi connectivity index (χ0v) is 13.5. The minimum atomic E-state index is -0.0941. The van der Waals surface area contributed by atoms with E-state index in [-0.39, 0.29) is 5.91 Å². The van der Waals surface area contributed by atoms with Crippen LogP contribution in [0.2, 0.25) is 5.02 Å². The van der Waals surface area contributed by atoms with Gasteiger partial charge in [0.15, 0.2) is 0 Å². The Morgan fingerprint density at radius 3 is 2.30 bits per heavy atom. The third kappa shape index (κ3) is 6.52. The second kappa shape index (κ2) is 8.95. The Kier molecular flexibility index (Phi) is 6.62. The maximum Gasteiger partial charge on any atom is 0.316 e. The third-order valence-electron chi connectivity index (χ3n) is 2.81. The van der Waals surface area contributed by atoms with Crippen molar-refractivity contribution >= 4 is 23.2 Å². The van der Waals surface area contributed by atoms with Crippen molar-refractivity contribution in [1.82, 2.24) is 9.97 Å². The predicted molar refractivity (Wildman–Crippen MR) is 88.0 cm³/mol. The minimum absolute atomic E-state index is 0.0941. The first-order valence-corrected chi connectivity index (χ1v) is 7.62. The summed E-state index contributed by atoms with van der Waals surface area (Å²) in [7, 11) is 0. The van der Waals surface area contributed by atoms with Gasteiger partial charge in [-0.2, -0.15) is 0 Å². The van der Waals surface area contributed by atoms with Crippen molar-refractivity contribution in [3.05, 3.63) is 41.7 Å². The van der Waals surface area contributed by atoms with Crippen LogP contribution in [0.25, 0.3) is 0 Å². The summed E-state index contributed by atoms with van der Waals surface area (Å²) in [4.78, 5) is 18.8. The van der Waals surface area contributed by atoms with Gasteiger partial charge in [0.25, 0.3) is 0 Å². The average molecular weight is 336 g/mol. The molecule has 6 nitrogen and oxygen atoms in total. The van der Waals surface area contributed by atoms with Crippen molar-refractivity contribution < 1.29 is 14.3 Å². The molecular formula is C16H18ClN3O3. The number of rotatable bonds is 8. The van der Waals surface area contributed by atoms with E-state index >= 15 is 0 Å². The predicted octanol–water partition coefficient (Wildman–Crippen LogP) is 3.33. The highest BCUT2D eigenvalue weighted by Crippen LogP contribution is 2.16. The minimum Gasteiger partial charge on any atom is -0.494 e. The van der Waals surface area contributed by atoms with E-state index in [1.807, 2.05) is 12.1 Å². The van der Waals surface area contributed by atoms with Gasteiger partial charge in [-0.05, 0) is 37.1 Å². The highest BCUT2D eigenvalue weighted by atomic mass is 35.5. The number of unbranched alkanes of at least 4 members (excludes halogenated alkanes) is 1. The molecule has 0 aliphatic heterocycles. The molecule has 1 aromatic heterocycles. The van der Waals surface area contributed by atoms with Crippen molar-refractivity contribution in [1.29, 1.82) is 0 Å². The molecule has 0 saturated carbocycles. The Labute approximate surface area is 139 Å². The molecule has 2 aromatic rings. The molecule has 1 aromatic carbocycles. The number of anilines is 1. The lowest BCUT2D eigenvalue weighted by Gasteiger charge is -2.08. The zero-order chi connectivity index (χ0) is 16.5. The molecule has 1 heterocycles. The lowest BCUT2D eigenvalue weighted by Crippen LogP contribution is -2.06. The molecule has 7 heteroatoms. The number of halogens is 1. The van der Waals surface area contributed by atoms with Crippen molar-refractivity contribution in [3.63, 3.8) is 0 Å². The van der Waals surface area contributed by atoms with Gasteiger partial charge in [0.2, 0.25) is 5.91 Å². The van der Waals surface area contributed by atoms with E-state index in [2.05, 4.69) is 15.3 Å². The van der Waals surface area contributed by atoms with Gasteiger partial charge in [-0.3, -0.25) is 4.79 Å². The molecule has 0 aliphatic carbocycles. The molecule has 23 heavy (non-hydrogen) atoms. The summed E-state index contributed by atoms with van der Waals surface area (Å²) in [5, 5.41) is 3.19. The number of aromatic nitrogens is 2. The van der Waals surface area contributed by atoms with Crippen LogP contribution in [-0.2, 0) is 4.79 Å². The van der Waals surface area contributed by atoms with Crippen molar-refractivity contribution in [2.75, 3.05) is 18.5 Å². The lowest BCUT2D eigenvalue weighted by molar-refractivity contribution is -0.114. The van der Waals surface area contributed by atoms with Gasteiger partial charge in [0, 0.05) is 12.6 Å². The highest BCUT2D eigenvalue weighted by molar-refractivity contribution is 6.30. The smallest absolute Gasteiger partial charge is 0.316 e. The van der Waals surface area contributed by atoms with E-state index in [1.165, 1.54) is 19.3 Å². The molecule has 0 saturated heterocycles. The fourth-order valence-corrected chi connectivity index (χ4v) is 1.87. The van der Waals surface area contributed by atoms with Crippen LogP contribution in [0.3, 0.4) is 0 Å². The number of hydrogen-bond donors (Lipinski definition) is 1. The standard InChI is InChI=1S/C16H18ClN3O3/c1-12(21)20-14-4-6-15(7-5-14)22-8-2-3-9-23-16-18-10-13(17)11-19-16/h4-7,10-11H,2-3,8-9H2,1H3,(H,20,21). The Balaban J connectivity index is 1.60. The first-order valence-electron chi connectivity index (χ1n) is 7.24. The summed E-state index contributed by atoms with van der Waals surface area (Å²) >= 11 is 5.69. The molecule has 2 rings (SSSR count). The summed E-state index contributed by atoms with van der Waals surface area (Å²) in [6, 6.07) is 7.58. The van der Waals surface area contributed by atoms with Crippen LogP contribution >= 0.6 is 11.6 Å². The van der Waals surface area contributed by atoms with Crippen LogP contribution in [-0.4, -0.2) is 29.1 Å². The van der Waals surface area contributed by atoms with Gasteiger partial charge >= 0.3 is 6.01 Å². The molecule has 0 radical (unpaired) electrons. The first-order chi connectivity index (χ1) is 11.1. The summed E-state index contributed by atoms with van der Waals surface area (Å²) in [6.07, 6.45) is 4.67. The summed E-state index contributed by atoms with van der Waals surface area (Å²) in [5.74, 6) is 0.671. The topological polar surface area (TPSA) is 73.3 Å². The molecular weight excluding hydrogens is 318 g/mol. The van der Waals surface area contributed by atoms with Crippen LogP contribution in [0.1, 0.15) is 19.8 Å². The Morgan fingerprint density at radius 1 is 1.09 bits per heavy atom. The molecule has 122 valence electrons. The number of ether oxygens (including phenoxy) is 2. The second-order valence-electron chi connectivity index (χ2n) is 4.79. The number of carbonyl (C=O) groups excluding carboxylic acids is 1. The Bertz CT molecular complexity index is 617. The normalized spacial score (nSPS) is 10.2. The van der Waals surface area contributed by atoms with Gasteiger partial charge in [0.05, 0.1) is 30.6 Å². The van der Waals surface area contributed by atoms with Gasteiger partial charge in [0.1, 0.15) is 5.75 Å². The van der Waals surface area contributed by atoms with Crippen LogP contribution in [0, 0.1) is 0 Å². The maximum absolute atomic E-state index is 10.9. The third-order valence-corrected chi connectivity index (χ3v) is 3.01. The quantitative estimate of drug-likeness (QED) is 0.749. The zero-order valence-electron chi connectivity index (χ0n) is 12.8. The molecule has 0 fully saturated rings. The Morgan fingerprint density at radius 2 is 1.70 bits per heavy atom. The largest absolute Gasteiger partial charge is 0.494 e. The number of nitrogens with zero attached hydrogens (tertiary/aromatic N) is 2. The molecule has 0 bridgehead atoms. The number of hydrogen-bond acceptors (Lipinski definition) is 5. The van der Waals surface area contributed by atoms with E-state index in [0.29, 0.717) is 24.2 Å². The lowest BCUT2D eigenvalue weighted by atomic mass is 10.3. The van der Waals surface area contributed by atoms with E-state index in [9.17, 15) is 4.79 Å². The summed E-state index contributed by atoms with van der Waals surface area (Å²) in [5.41, 5.74) is 0.751. The first kappa shape index (κ1) is 17.0. The molecule has 0 unspecified atom stereocenters. The van der Waals surface area contributed by atoms with E-state index in [1.54, 1.807) is 12.1 Å².